The van der Waals surface area contributed by atoms with E-state index in [1.54, 1.807) is 10.7 Å². The van der Waals surface area contributed by atoms with Crippen LogP contribution in [0.2, 0.25) is 0 Å². The van der Waals surface area contributed by atoms with Crippen molar-refractivity contribution in [1.82, 2.24) is 25.5 Å². The molecule has 0 saturated heterocycles. The van der Waals surface area contributed by atoms with Crippen LogP contribution in [0.5, 0.6) is 0 Å². The standard InChI is InChI=1S/C10H11BrFN5/c1-6(13-2)10-14-15-16-17(10)9-4-3-7(12)5-8(9)11/h3-6,13H,1-2H3. The van der Waals surface area contributed by atoms with Crippen molar-refractivity contribution < 1.29 is 4.39 Å². The molecular formula is C10H11BrFN5. The zero-order chi connectivity index (χ0) is 12.4. The van der Waals surface area contributed by atoms with Gasteiger partial charge in [-0.05, 0) is 58.5 Å². The molecule has 2 rings (SSSR count). The first kappa shape index (κ1) is 12.1. The number of rotatable bonds is 3. The number of hydrogen-bond donors (Lipinski definition) is 1. The highest BCUT2D eigenvalue weighted by Gasteiger charge is 2.15. The zero-order valence-electron chi connectivity index (χ0n) is 9.35. The van der Waals surface area contributed by atoms with Gasteiger partial charge in [0, 0.05) is 4.47 Å². The molecule has 1 N–H and O–H groups in total. The minimum absolute atomic E-state index is 0.00181. The molecule has 0 aliphatic heterocycles. The predicted octanol–water partition coefficient (Wildman–Crippen LogP) is 1.84. The Morgan fingerprint density at radius 1 is 1.47 bits per heavy atom. The van der Waals surface area contributed by atoms with Gasteiger partial charge in [-0.25, -0.2) is 4.39 Å². The molecule has 17 heavy (non-hydrogen) atoms. The molecule has 1 heterocycles. The Bertz CT molecular complexity index is 527. The number of aromatic nitrogens is 4. The number of benzene rings is 1. The first-order chi connectivity index (χ1) is 8.13. The smallest absolute Gasteiger partial charge is 0.173 e. The van der Waals surface area contributed by atoms with Crippen molar-refractivity contribution in [1.29, 1.82) is 0 Å². The summed E-state index contributed by atoms with van der Waals surface area (Å²) < 4.78 is 15.2. The van der Waals surface area contributed by atoms with Crippen LogP contribution in [0.1, 0.15) is 18.8 Å². The number of tetrazole rings is 1. The highest BCUT2D eigenvalue weighted by Crippen LogP contribution is 2.23. The van der Waals surface area contributed by atoms with Crippen molar-refractivity contribution in [3.63, 3.8) is 0 Å². The Kier molecular flexibility index (Phi) is 3.49. The lowest BCUT2D eigenvalue weighted by Gasteiger charge is -2.11. The van der Waals surface area contributed by atoms with Gasteiger partial charge in [0.2, 0.25) is 0 Å². The van der Waals surface area contributed by atoms with E-state index in [2.05, 4.69) is 36.8 Å². The number of nitrogens with zero attached hydrogens (tertiary/aromatic N) is 4. The molecular weight excluding hydrogens is 289 g/mol. The highest BCUT2D eigenvalue weighted by molar-refractivity contribution is 9.10. The summed E-state index contributed by atoms with van der Waals surface area (Å²) in [6, 6.07) is 4.38. The lowest BCUT2D eigenvalue weighted by atomic mass is 10.3. The van der Waals surface area contributed by atoms with Crippen LogP contribution < -0.4 is 5.32 Å². The van der Waals surface area contributed by atoms with Crippen molar-refractivity contribution in [2.45, 2.75) is 13.0 Å². The average Bonchev–Trinajstić information content (AvgIpc) is 2.77. The van der Waals surface area contributed by atoms with Crippen LogP contribution in [0.3, 0.4) is 0 Å². The Morgan fingerprint density at radius 3 is 2.88 bits per heavy atom. The molecule has 0 aliphatic carbocycles. The molecule has 0 aliphatic rings. The Morgan fingerprint density at radius 2 is 2.24 bits per heavy atom. The van der Waals surface area contributed by atoms with Gasteiger partial charge in [-0.15, -0.1) is 5.10 Å². The molecule has 2 aromatic rings. The third-order valence-electron chi connectivity index (χ3n) is 2.45. The van der Waals surface area contributed by atoms with Crippen molar-refractivity contribution >= 4 is 15.9 Å². The molecule has 0 spiro atoms. The average molecular weight is 300 g/mol. The number of halogens is 2. The third-order valence-corrected chi connectivity index (χ3v) is 3.09. The molecule has 90 valence electrons. The predicted molar refractivity (Wildman–Crippen MR) is 64.3 cm³/mol. The second kappa shape index (κ2) is 4.89. The molecule has 0 bridgehead atoms. The summed E-state index contributed by atoms with van der Waals surface area (Å²) in [5.41, 5.74) is 0.702. The Hall–Kier alpha value is -1.34. The molecule has 1 aromatic heterocycles. The van der Waals surface area contributed by atoms with Crippen LogP contribution in [0, 0.1) is 5.82 Å². The van der Waals surface area contributed by atoms with E-state index in [0.717, 1.165) is 0 Å². The van der Waals surface area contributed by atoms with Gasteiger partial charge in [-0.3, -0.25) is 0 Å². The summed E-state index contributed by atoms with van der Waals surface area (Å²) in [5, 5.41) is 14.6. The summed E-state index contributed by atoms with van der Waals surface area (Å²) in [7, 11) is 1.82. The van der Waals surface area contributed by atoms with E-state index in [1.165, 1.54) is 12.1 Å². The Balaban J connectivity index is 2.50. The van der Waals surface area contributed by atoms with Gasteiger partial charge in [0.05, 0.1) is 11.7 Å². The fraction of sp³-hybridized carbons (Fsp3) is 0.300. The molecule has 1 unspecified atom stereocenters. The highest BCUT2D eigenvalue weighted by atomic mass is 79.9. The molecule has 0 amide bonds. The van der Waals surface area contributed by atoms with E-state index < -0.39 is 0 Å². The van der Waals surface area contributed by atoms with E-state index >= 15 is 0 Å². The second-order valence-corrected chi connectivity index (χ2v) is 4.41. The molecule has 1 atom stereocenters. The fourth-order valence-electron chi connectivity index (χ4n) is 1.42. The van der Waals surface area contributed by atoms with Crippen molar-refractivity contribution in [3.05, 3.63) is 34.3 Å². The maximum absolute atomic E-state index is 13.0. The van der Waals surface area contributed by atoms with Gasteiger partial charge in [-0.2, -0.15) is 4.68 Å². The largest absolute Gasteiger partial charge is 0.311 e. The molecule has 7 heteroatoms. The summed E-state index contributed by atoms with van der Waals surface area (Å²) in [6.45, 7) is 1.94. The van der Waals surface area contributed by atoms with Gasteiger partial charge >= 0.3 is 0 Å². The molecule has 0 radical (unpaired) electrons. The van der Waals surface area contributed by atoms with Crippen LogP contribution in [0.25, 0.3) is 5.69 Å². The number of nitrogens with one attached hydrogen (secondary N) is 1. The second-order valence-electron chi connectivity index (χ2n) is 3.55. The third kappa shape index (κ3) is 2.34. The molecule has 0 saturated carbocycles. The SMILES string of the molecule is CNC(C)c1nnnn1-c1ccc(F)cc1Br. The van der Waals surface area contributed by atoms with Crippen molar-refractivity contribution in [2.75, 3.05) is 7.05 Å². The van der Waals surface area contributed by atoms with Gasteiger partial charge in [0.1, 0.15) is 5.82 Å². The molecule has 0 fully saturated rings. The quantitative estimate of drug-likeness (QED) is 0.940. The van der Waals surface area contributed by atoms with Crippen LogP contribution in [-0.4, -0.2) is 27.3 Å². The summed E-state index contributed by atoms with van der Waals surface area (Å²) in [5.74, 6) is 0.358. The van der Waals surface area contributed by atoms with E-state index in [-0.39, 0.29) is 11.9 Å². The first-order valence-electron chi connectivity index (χ1n) is 5.04. The molecule has 5 nitrogen and oxygen atoms in total. The van der Waals surface area contributed by atoms with Gasteiger partial charge < -0.3 is 5.32 Å². The van der Waals surface area contributed by atoms with Gasteiger partial charge in [0.25, 0.3) is 0 Å². The van der Waals surface area contributed by atoms with Crippen LogP contribution in [0.4, 0.5) is 4.39 Å². The van der Waals surface area contributed by atoms with E-state index in [9.17, 15) is 4.39 Å². The summed E-state index contributed by atoms with van der Waals surface area (Å²) in [4.78, 5) is 0. The maximum atomic E-state index is 13.0. The zero-order valence-corrected chi connectivity index (χ0v) is 10.9. The lowest BCUT2D eigenvalue weighted by Crippen LogP contribution is -2.18. The first-order valence-corrected chi connectivity index (χ1v) is 5.83. The summed E-state index contributed by atoms with van der Waals surface area (Å²) in [6.07, 6.45) is 0. The molecule has 1 aromatic carbocycles. The topological polar surface area (TPSA) is 55.6 Å². The van der Waals surface area contributed by atoms with Crippen molar-refractivity contribution in [3.8, 4) is 5.69 Å². The van der Waals surface area contributed by atoms with Gasteiger partial charge in [0.15, 0.2) is 5.82 Å². The normalized spacial score (nSPS) is 12.7. The van der Waals surface area contributed by atoms with Crippen LogP contribution in [-0.2, 0) is 0 Å². The Labute approximate surface area is 106 Å². The van der Waals surface area contributed by atoms with E-state index in [4.69, 9.17) is 0 Å². The maximum Gasteiger partial charge on any atom is 0.173 e. The number of hydrogen-bond acceptors (Lipinski definition) is 4. The minimum Gasteiger partial charge on any atom is -0.311 e. The van der Waals surface area contributed by atoms with E-state index in [1.807, 2.05) is 14.0 Å². The van der Waals surface area contributed by atoms with Crippen LogP contribution >= 0.6 is 15.9 Å². The summed E-state index contributed by atoms with van der Waals surface area (Å²) >= 11 is 3.30. The lowest BCUT2D eigenvalue weighted by molar-refractivity contribution is 0.586. The van der Waals surface area contributed by atoms with Gasteiger partial charge in [-0.1, -0.05) is 0 Å². The van der Waals surface area contributed by atoms with Crippen molar-refractivity contribution in [2.24, 2.45) is 0 Å². The van der Waals surface area contributed by atoms with Crippen LogP contribution in [0.15, 0.2) is 22.7 Å². The monoisotopic (exact) mass is 299 g/mol. The fourth-order valence-corrected chi connectivity index (χ4v) is 1.94. The van der Waals surface area contributed by atoms with E-state index in [0.29, 0.717) is 16.0 Å². The minimum atomic E-state index is -0.308.